The molecule has 0 aliphatic rings. The average Bonchev–Trinajstić information content (AvgIpc) is 3.05. The zero-order valence-corrected chi connectivity index (χ0v) is 30.6. The molecule has 0 aliphatic carbocycles. The number of Topliss-reactive ketones (excluding diaryl/α,β-unsaturated/α-hetero) is 1. The fourth-order valence-electron chi connectivity index (χ4n) is 6.58. The molecule has 5 N–H and O–H groups in total. The van der Waals surface area contributed by atoms with E-state index >= 15 is 0 Å². The van der Waals surface area contributed by atoms with Gasteiger partial charge < -0.3 is 21.3 Å². The Labute approximate surface area is 288 Å². The number of ketones is 1. The van der Waals surface area contributed by atoms with E-state index in [9.17, 15) is 19.2 Å². The quantitative estimate of drug-likeness (QED) is 0.0487. The third-order valence-corrected chi connectivity index (χ3v) is 9.64. The minimum atomic E-state index is -1.05. The summed E-state index contributed by atoms with van der Waals surface area (Å²) in [5, 5.41) is 20.5. The molecule has 8 heteroatoms. The molecule has 47 heavy (non-hydrogen) atoms. The molecule has 0 saturated heterocycles. The molecule has 0 aliphatic heterocycles. The monoisotopic (exact) mass is 667 g/mol. The van der Waals surface area contributed by atoms with E-state index < -0.39 is 18.0 Å². The smallest absolute Gasteiger partial charge is 0.322 e. The number of amides is 1. The van der Waals surface area contributed by atoms with Crippen molar-refractivity contribution in [2.75, 3.05) is 6.54 Å². The normalized spacial score (nSPS) is 13.3. The molecule has 1 amide bonds. The highest BCUT2D eigenvalue weighted by Gasteiger charge is 2.25. The molecule has 0 aromatic carbocycles. The molecule has 0 bridgehead atoms. The Hall–Kier alpha value is -1.96. The maximum absolute atomic E-state index is 13.2. The van der Waals surface area contributed by atoms with Crippen LogP contribution >= 0.6 is 0 Å². The maximum Gasteiger partial charge on any atom is 0.322 e. The van der Waals surface area contributed by atoms with Crippen molar-refractivity contribution in [2.24, 2.45) is 17.6 Å². The van der Waals surface area contributed by atoms with Crippen LogP contribution in [0.2, 0.25) is 0 Å². The lowest BCUT2D eigenvalue weighted by atomic mass is 9.85. The predicted octanol–water partition coefficient (Wildman–Crippen LogP) is 9.75. The topological polar surface area (TPSA) is 147 Å². The number of carbonyl (C=O) groups excluding carboxylic acids is 2. The second kappa shape index (κ2) is 32.6. The average molecular weight is 667 g/mol. The van der Waals surface area contributed by atoms with Gasteiger partial charge in [-0.3, -0.25) is 19.2 Å². The number of rotatable bonds is 36. The van der Waals surface area contributed by atoms with Crippen LogP contribution in [0.1, 0.15) is 200 Å². The van der Waals surface area contributed by atoms with Gasteiger partial charge in [-0.2, -0.15) is 0 Å². The van der Waals surface area contributed by atoms with Gasteiger partial charge in [-0.15, -0.1) is 0 Å². The molecule has 0 radical (unpaired) electrons. The van der Waals surface area contributed by atoms with Crippen molar-refractivity contribution in [1.82, 2.24) is 5.32 Å². The van der Waals surface area contributed by atoms with Crippen molar-refractivity contribution in [2.45, 2.75) is 206 Å². The number of carbonyl (C=O) groups is 4. The zero-order chi connectivity index (χ0) is 35.0. The van der Waals surface area contributed by atoms with Crippen LogP contribution in [0.25, 0.3) is 0 Å². The second-order valence-electron chi connectivity index (χ2n) is 14.0. The van der Waals surface area contributed by atoms with E-state index in [1.54, 1.807) is 0 Å². The molecule has 3 unspecified atom stereocenters. The minimum Gasteiger partial charge on any atom is -0.481 e. The second-order valence-corrected chi connectivity index (χ2v) is 14.0. The Morgan fingerprint density at radius 2 is 0.830 bits per heavy atom. The van der Waals surface area contributed by atoms with Crippen molar-refractivity contribution in [1.29, 1.82) is 0 Å². The van der Waals surface area contributed by atoms with E-state index in [1.807, 2.05) is 0 Å². The Kier molecular flexibility index (Phi) is 31.2. The van der Waals surface area contributed by atoms with Gasteiger partial charge in [0.25, 0.3) is 0 Å². The Balaban J connectivity index is 4.47. The van der Waals surface area contributed by atoms with Crippen LogP contribution < -0.4 is 11.1 Å². The van der Waals surface area contributed by atoms with E-state index in [1.165, 1.54) is 96.3 Å². The van der Waals surface area contributed by atoms with Gasteiger partial charge in [-0.05, 0) is 32.1 Å². The molecule has 0 aromatic heterocycles. The summed E-state index contributed by atoms with van der Waals surface area (Å²) in [5.74, 6) is -2.62. The molecule has 3 atom stereocenters. The van der Waals surface area contributed by atoms with Crippen molar-refractivity contribution < 1.29 is 29.4 Å². The highest BCUT2D eigenvalue weighted by atomic mass is 16.4. The molecule has 0 saturated carbocycles. The molecule has 0 aromatic rings. The fourth-order valence-corrected chi connectivity index (χ4v) is 6.58. The molecular formula is C39H74N2O6. The molecule has 0 heterocycles. The van der Waals surface area contributed by atoms with Crippen molar-refractivity contribution in [3.05, 3.63) is 0 Å². The number of hydrogen-bond acceptors (Lipinski definition) is 5. The summed E-state index contributed by atoms with van der Waals surface area (Å²) in [4.78, 5) is 47.8. The molecule has 0 spiro atoms. The first-order valence-corrected chi connectivity index (χ1v) is 19.7. The van der Waals surface area contributed by atoms with Crippen LogP contribution in [0.3, 0.4) is 0 Å². The van der Waals surface area contributed by atoms with E-state index in [0.717, 1.165) is 64.2 Å². The fraction of sp³-hybridized carbons (Fsp3) is 0.897. The van der Waals surface area contributed by atoms with Crippen LogP contribution in [-0.2, 0) is 19.2 Å². The van der Waals surface area contributed by atoms with Gasteiger partial charge in [0.15, 0.2) is 5.78 Å². The van der Waals surface area contributed by atoms with Gasteiger partial charge >= 0.3 is 11.9 Å². The van der Waals surface area contributed by atoms with Gasteiger partial charge in [-0.25, -0.2) is 0 Å². The lowest BCUT2D eigenvalue weighted by Gasteiger charge is -2.21. The Morgan fingerprint density at radius 1 is 0.489 bits per heavy atom. The van der Waals surface area contributed by atoms with Crippen LogP contribution in [0.15, 0.2) is 0 Å². The predicted molar refractivity (Wildman–Crippen MR) is 193 cm³/mol. The van der Waals surface area contributed by atoms with Gasteiger partial charge in [-0.1, -0.05) is 162 Å². The summed E-state index contributed by atoms with van der Waals surface area (Å²) in [5.41, 5.74) is 6.15. The minimum absolute atomic E-state index is 0.0296. The molecule has 276 valence electrons. The lowest BCUT2D eigenvalue weighted by Crippen LogP contribution is -2.36. The largest absolute Gasteiger partial charge is 0.481 e. The van der Waals surface area contributed by atoms with Crippen molar-refractivity contribution in [3.8, 4) is 0 Å². The van der Waals surface area contributed by atoms with E-state index in [2.05, 4.69) is 19.2 Å². The summed E-state index contributed by atoms with van der Waals surface area (Å²) in [6.45, 7) is 4.04. The van der Waals surface area contributed by atoms with Gasteiger partial charge in [0.1, 0.15) is 6.54 Å². The molecule has 0 fully saturated rings. The molecular weight excluding hydrogens is 592 g/mol. The summed E-state index contributed by atoms with van der Waals surface area (Å²) in [6, 6.07) is -0.755. The number of aliphatic carboxylic acids is 2. The van der Waals surface area contributed by atoms with Crippen molar-refractivity contribution in [3.63, 3.8) is 0 Å². The highest BCUT2D eigenvalue weighted by Crippen LogP contribution is 2.24. The summed E-state index contributed by atoms with van der Waals surface area (Å²) in [6.07, 6.45) is 31.0. The zero-order valence-electron chi connectivity index (χ0n) is 30.6. The van der Waals surface area contributed by atoms with Crippen LogP contribution in [0.4, 0.5) is 0 Å². The summed E-state index contributed by atoms with van der Waals surface area (Å²) in [7, 11) is 0. The number of unbranched alkanes of at least 4 members (excludes halogenated alkanes) is 20. The van der Waals surface area contributed by atoms with Crippen LogP contribution in [-0.4, -0.2) is 46.4 Å². The standard InChI is InChI=1S/C39H74N2O6/c1-3-5-7-9-10-11-12-13-14-15-16-17-18-19-20-21-23-26-33(38(46)35(40)30-31-36(42)43)27-24-25-29-34(28-22-8-6-4-2)39(47)41-32-37(44)45/h33-35H,3-32,40H2,1-2H3,(H,41,47)(H,42,43)(H,44,45). The SMILES string of the molecule is CCCCCCCCCCCCCCCCCCCC(CCCCC(CCCCCC)C(=O)NCC(=O)O)C(=O)C(N)CCC(=O)O. The van der Waals surface area contributed by atoms with Gasteiger partial charge in [0, 0.05) is 18.3 Å². The summed E-state index contributed by atoms with van der Waals surface area (Å²) < 4.78 is 0. The van der Waals surface area contributed by atoms with Gasteiger partial charge in [0.05, 0.1) is 6.04 Å². The highest BCUT2D eigenvalue weighted by molar-refractivity contribution is 5.86. The van der Waals surface area contributed by atoms with E-state index in [4.69, 9.17) is 15.9 Å². The van der Waals surface area contributed by atoms with Crippen molar-refractivity contribution >= 4 is 23.6 Å². The first kappa shape index (κ1) is 45.0. The third kappa shape index (κ3) is 28.7. The number of carboxylic acid groups (broad SMARTS) is 2. The summed E-state index contributed by atoms with van der Waals surface area (Å²) >= 11 is 0. The number of hydrogen-bond donors (Lipinski definition) is 4. The first-order valence-electron chi connectivity index (χ1n) is 19.7. The van der Waals surface area contributed by atoms with E-state index in [-0.39, 0.29) is 42.9 Å². The Morgan fingerprint density at radius 3 is 1.21 bits per heavy atom. The van der Waals surface area contributed by atoms with E-state index in [0.29, 0.717) is 12.8 Å². The maximum atomic E-state index is 13.2. The van der Waals surface area contributed by atoms with Gasteiger partial charge in [0.2, 0.25) is 5.91 Å². The number of nitrogens with two attached hydrogens (primary N) is 1. The first-order chi connectivity index (χ1) is 22.7. The lowest BCUT2D eigenvalue weighted by molar-refractivity contribution is -0.138. The molecule has 0 rings (SSSR count). The Bertz CT molecular complexity index is 789. The molecule has 8 nitrogen and oxygen atoms in total. The third-order valence-electron chi connectivity index (χ3n) is 9.64. The van der Waals surface area contributed by atoms with Crippen LogP contribution in [0, 0.1) is 11.8 Å². The van der Waals surface area contributed by atoms with Crippen LogP contribution in [0.5, 0.6) is 0 Å². The number of carboxylic acids is 2. The number of nitrogens with one attached hydrogen (secondary N) is 1.